The molecule has 0 aliphatic carbocycles. The third kappa shape index (κ3) is 3.63. The number of benzene rings is 1. The zero-order valence-electron chi connectivity index (χ0n) is 13.2. The molecule has 0 saturated carbocycles. The highest BCUT2D eigenvalue weighted by molar-refractivity contribution is 6.06. The molecule has 10 heteroatoms. The van der Waals surface area contributed by atoms with Gasteiger partial charge in [0.05, 0.1) is 12.6 Å². The molecule has 0 atom stereocenters. The molecule has 10 nitrogen and oxygen atoms in total. The van der Waals surface area contributed by atoms with Gasteiger partial charge in [0.15, 0.2) is 5.69 Å². The highest BCUT2D eigenvalue weighted by atomic mass is 16.5. The quantitative estimate of drug-likeness (QED) is 0.493. The van der Waals surface area contributed by atoms with Crippen molar-refractivity contribution < 1.29 is 14.3 Å². The maximum atomic E-state index is 12.2. The highest BCUT2D eigenvalue weighted by Crippen LogP contribution is 2.23. The molecule has 3 rings (SSSR count). The van der Waals surface area contributed by atoms with Crippen LogP contribution in [-0.2, 0) is 9.53 Å². The number of aromatic nitrogens is 4. The van der Waals surface area contributed by atoms with E-state index in [9.17, 15) is 9.59 Å². The van der Waals surface area contributed by atoms with Crippen LogP contribution in [0.25, 0.3) is 10.9 Å². The molecule has 2 aromatic heterocycles. The van der Waals surface area contributed by atoms with Crippen LogP contribution < -0.4 is 16.4 Å². The van der Waals surface area contributed by atoms with Gasteiger partial charge in [-0.05, 0) is 24.3 Å². The van der Waals surface area contributed by atoms with Gasteiger partial charge in [-0.15, -0.1) is 0 Å². The number of ether oxygens (including phenoxy) is 1. The molecule has 0 saturated heterocycles. The second-order valence-electron chi connectivity index (χ2n) is 5.02. The van der Waals surface area contributed by atoms with Gasteiger partial charge in [0, 0.05) is 17.3 Å². The molecular formula is C15H15N7O3. The number of nitrogens with one attached hydrogen (secondary N) is 3. The van der Waals surface area contributed by atoms with E-state index in [0.29, 0.717) is 22.4 Å². The number of nitrogens with zero attached hydrogens (tertiary/aromatic N) is 3. The van der Waals surface area contributed by atoms with E-state index in [-0.39, 0.29) is 18.2 Å². The van der Waals surface area contributed by atoms with E-state index in [1.54, 1.807) is 24.3 Å². The zero-order chi connectivity index (χ0) is 17.8. The molecular weight excluding hydrogens is 326 g/mol. The van der Waals surface area contributed by atoms with E-state index in [1.807, 2.05) is 0 Å². The van der Waals surface area contributed by atoms with Crippen molar-refractivity contribution in [1.82, 2.24) is 25.5 Å². The Labute approximate surface area is 141 Å². The summed E-state index contributed by atoms with van der Waals surface area (Å²) >= 11 is 0. The second kappa shape index (κ2) is 6.83. The molecule has 2 heterocycles. The molecule has 1 amide bonds. The minimum absolute atomic E-state index is 0.150. The molecule has 1 aromatic carbocycles. The predicted octanol–water partition coefficient (Wildman–Crippen LogP) is 0.581. The molecule has 5 N–H and O–H groups in total. The van der Waals surface area contributed by atoms with Gasteiger partial charge in [-0.3, -0.25) is 14.7 Å². The summed E-state index contributed by atoms with van der Waals surface area (Å²) in [4.78, 5) is 31.2. The fourth-order valence-corrected chi connectivity index (χ4v) is 2.16. The first-order valence-corrected chi connectivity index (χ1v) is 7.25. The number of amides is 1. The van der Waals surface area contributed by atoms with Crippen LogP contribution in [0.15, 0.2) is 30.5 Å². The van der Waals surface area contributed by atoms with Crippen LogP contribution in [0.2, 0.25) is 0 Å². The molecule has 0 bridgehead atoms. The van der Waals surface area contributed by atoms with E-state index < -0.39 is 11.9 Å². The second-order valence-corrected chi connectivity index (χ2v) is 5.02. The lowest BCUT2D eigenvalue weighted by Crippen LogP contribution is -2.30. The Kier molecular flexibility index (Phi) is 4.42. The Hall–Kier alpha value is -3.69. The summed E-state index contributed by atoms with van der Waals surface area (Å²) in [7, 11) is 1.25. The van der Waals surface area contributed by atoms with Gasteiger partial charge >= 0.3 is 5.97 Å². The Morgan fingerprint density at radius 1 is 1.32 bits per heavy atom. The Balaban J connectivity index is 1.84. The van der Waals surface area contributed by atoms with Gasteiger partial charge in [-0.1, -0.05) is 0 Å². The fourth-order valence-electron chi connectivity index (χ4n) is 2.16. The maximum Gasteiger partial charge on any atom is 0.325 e. The van der Waals surface area contributed by atoms with Crippen LogP contribution >= 0.6 is 0 Å². The standard InChI is InChI=1S/C15H15N7O3/c1-25-12(23)7-18-14(24)13-9-6-8(2-3-10(9)21-22-13)19-11-4-5-17-15(16)20-11/h2-6H,7H2,1H3,(H,18,24)(H,21,22)(H3,16,17,19,20). The van der Waals surface area contributed by atoms with E-state index >= 15 is 0 Å². The SMILES string of the molecule is COC(=O)CNC(=O)c1n[nH]c2ccc(Nc3ccnc(N)n3)cc12. The summed E-state index contributed by atoms with van der Waals surface area (Å²) in [6.07, 6.45) is 1.53. The number of esters is 1. The highest BCUT2D eigenvalue weighted by Gasteiger charge is 2.15. The molecule has 3 aromatic rings. The molecule has 0 aliphatic heterocycles. The number of methoxy groups -OCH3 is 1. The number of hydrogen-bond acceptors (Lipinski definition) is 8. The van der Waals surface area contributed by atoms with Gasteiger partial charge in [0.2, 0.25) is 5.95 Å². The molecule has 0 aliphatic rings. The number of carbonyl (C=O) groups is 2. The van der Waals surface area contributed by atoms with E-state index in [1.165, 1.54) is 13.3 Å². The largest absolute Gasteiger partial charge is 0.468 e. The maximum absolute atomic E-state index is 12.2. The lowest BCUT2D eigenvalue weighted by Gasteiger charge is -2.06. The number of nitrogen functional groups attached to an aromatic ring is 1. The first-order chi connectivity index (χ1) is 12.1. The monoisotopic (exact) mass is 341 g/mol. The number of aromatic amines is 1. The summed E-state index contributed by atoms with van der Waals surface area (Å²) in [5.74, 6) is -0.360. The van der Waals surface area contributed by atoms with Crippen molar-refractivity contribution in [1.29, 1.82) is 0 Å². The van der Waals surface area contributed by atoms with Crippen molar-refractivity contribution in [3.8, 4) is 0 Å². The van der Waals surface area contributed by atoms with Crippen LogP contribution in [0.1, 0.15) is 10.5 Å². The van der Waals surface area contributed by atoms with Gasteiger partial charge in [-0.2, -0.15) is 10.1 Å². The Bertz CT molecular complexity index is 938. The molecule has 25 heavy (non-hydrogen) atoms. The summed E-state index contributed by atoms with van der Waals surface area (Å²) in [5, 5.41) is 12.9. The molecule has 0 unspecified atom stereocenters. The summed E-state index contributed by atoms with van der Waals surface area (Å²) in [6.45, 7) is -0.234. The van der Waals surface area contributed by atoms with Gasteiger partial charge in [-0.25, -0.2) is 4.98 Å². The lowest BCUT2D eigenvalue weighted by molar-refractivity contribution is -0.139. The fraction of sp³-hybridized carbons (Fsp3) is 0.133. The normalized spacial score (nSPS) is 10.4. The topological polar surface area (TPSA) is 148 Å². The van der Waals surface area contributed by atoms with Crippen LogP contribution in [0.3, 0.4) is 0 Å². The summed E-state index contributed by atoms with van der Waals surface area (Å²) < 4.78 is 4.49. The number of anilines is 3. The minimum atomic E-state index is -0.545. The van der Waals surface area contributed by atoms with Crippen molar-refractivity contribution in [3.05, 3.63) is 36.2 Å². The molecule has 128 valence electrons. The minimum Gasteiger partial charge on any atom is -0.468 e. The van der Waals surface area contributed by atoms with E-state index in [0.717, 1.165) is 0 Å². The number of fused-ring (bicyclic) bond motifs is 1. The van der Waals surface area contributed by atoms with E-state index in [4.69, 9.17) is 5.73 Å². The first kappa shape index (κ1) is 16.2. The third-order valence-electron chi connectivity index (χ3n) is 3.35. The number of nitrogens with two attached hydrogens (primary N) is 1. The summed E-state index contributed by atoms with van der Waals surface area (Å²) in [5.41, 5.74) is 7.09. The Morgan fingerprint density at radius 3 is 2.92 bits per heavy atom. The third-order valence-corrected chi connectivity index (χ3v) is 3.35. The van der Waals surface area contributed by atoms with Crippen molar-refractivity contribution in [2.75, 3.05) is 24.7 Å². The Morgan fingerprint density at radius 2 is 2.16 bits per heavy atom. The summed E-state index contributed by atoms with van der Waals surface area (Å²) in [6, 6.07) is 6.98. The van der Waals surface area contributed by atoms with Crippen molar-refractivity contribution >= 4 is 40.2 Å². The van der Waals surface area contributed by atoms with Crippen LogP contribution in [0.5, 0.6) is 0 Å². The number of rotatable bonds is 5. The van der Waals surface area contributed by atoms with E-state index in [2.05, 4.69) is 35.5 Å². The molecule has 0 fully saturated rings. The first-order valence-electron chi connectivity index (χ1n) is 7.25. The van der Waals surface area contributed by atoms with Gasteiger partial charge < -0.3 is 21.1 Å². The lowest BCUT2D eigenvalue weighted by atomic mass is 10.2. The number of carbonyl (C=O) groups excluding carboxylic acids is 2. The predicted molar refractivity (Wildman–Crippen MR) is 90.2 cm³/mol. The molecule has 0 spiro atoms. The average molecular weight is 341 g/mol. The number of H-pyrrole nitrogens is 1. The van der Waals surface area contributed by atoms with Crippen molar-refractivity contribution in [2.24, 2.45) is 0 Å². The van der Waals surface area contributed by atoms with Crippen LogP contribution in [0.4, 0.5) is 17.5 Å². The average Bonchev–Trinajstić information content (AvgIpc) is 3.02. The van der Waals surface area contributed by atoms with Crippen LogP contribution in [0, 0.1) is 0 Å². The van der Waals surface area contributed by atoms with Crippen LogP contribution in [-0.4, -0.2) is 45.7 Å². The zero-order valence-corrected chi connectivity index (χ0v) is 13.2. The number of hydrogen-bond donors (Lipinski definition) is 4. The van der Waals surface area contributed by atoms with Crippen molar-refractivity contribution in [2.45, 2.75) is 0 Å². The van der Waals surface area contributed by atoms with Gasteiger partial charge in [0.25, 0.3) is 5.91 Å². The molecule has 0 radical (unpaired) electrons. The smallest absolute Gasteiger partial charge is 0.325 e. The van der Waals surface area contributed by atoms with Gasteiger partial charge in [0.1, 0.15) is 12.4 Å². The van der Waals surface area contributed by atoms with Crippen molar-refractivity contribution in [3.63, 3.8) is 0 Å².